The fourth-order valence-electron chi connectivity index (χ4n) is 1.99. The number of fused-ring (bicyclic) bond motifs is 1. The number of hydrogen-bond acceptors (Lipinski definition) is 5. The summed E-state index contributed by atoms with van der Waals surface area (Å²) in [5.41, 5.74) is 0.879. The summed E-state index contributed by atoms with van der Waals surface area (Å²) in [6.45, 7) is 3.69. The summed E-state index contributed by atoms with van der Waals surface area (Å²) >= 11 is 1.39. The zero-order valence-electron chi connectivity index (χ0n) is 11.1. The Labute approximate surface area is 120 Å². The highest BCUT2D eigenvalue weighted by Crippen LogP contribution is 2.33. The van der Waals surface area contributed by atoms with Crippen molar-refractivity contribution in [3.05, 3.63) is 35.3 Å². The quantitative estimate of drug-likeness (QED) is 0.923. The third kappa shape index (κ3) is 2.46. The molecule has 3 rings (SSSR count). The number of nitrogens with zero attached hydrogens (tertiary/aromatic N) is 1. The minimum absolute atomic E-state index is 0.249. The topological polar surface area (TPSA) is 60.5 Å². The number of anilines is 1. The van der Waals surface area contributed by atoms with E-state index in [0.717, 1.165) is 5.69 Å². The van der Waals surface area contributed by atoms with Crippen LogP contribution in [0.1, 0.15) is 12.6 Å². The van der Waals surface area contributed by atoms with Crippen LogP contribution in [0.5, 0.6) is 11.5 Å². The van der Waals surface area contributed by atoms with Crippen LogP contribution in [0.2, 0.25) is 0 Å². The van der Waals surface area contributed by atoms with E-state index >= 15 is 0 Å². The molecule has 104 valence electrons. The number of aryl methyl sites for hydroxylation is 1. The molecule has 1 aromatic heterocycles. The lowest BCUT2D eigenvalue weighted by Gasteiger charge is -2.30. The number of rotatable bonds is 2. The molecule has 0 saturated carbocycles. The molecule has 1 aliphatic rings. The maximum Gasteiger partial charge on any atom is 0.271 e. The molecular formula is C14H14N2O3S. The zero-order chi connectivity index (χ0) is 14.1. The van der Waals surface area contributed by atoms with E-state index in [4.69, 9.17) is 9.47 Å². The Morgan fingerprint density at radius 3 is 2.65 bits per heavy atom. The highest BCUT2D eigenvalue weighted by atomic mass is 32.1. The number of hydrogen-bond donors (Lipinski definition) is 1. The second kappa shape index (κ2) is 5.13. The van der Waals surface area contributed by atoms with Crippen LogP contribution in [0, 0.1) is 6.92 Å². The largest absolute Gasteiger partial charge is 0.482 e. The molecule has 1 aromatic carbocycles. The molecule has 2 atom stereocenters. The fourth-order valence-corrected chi connectivity index (χ4v) is 2.69. The number of thiazole rings is 1. The van der Waals surface area contributed by atoms with Gasteiger partial charge in [-0.05, 0) is 26.0 Å². The van der Waals surface area contributed by atoms with Crippen molar-refractivity contribution in [1.29, 1.82) is 0 Å². The van der Waals surface area contributed by atoms with Crippen LogP contribution in [0.15, 0.2) is 29.6 Å². The number of ether oxygens (including phenoxy) is 2. The smallest absolute Gasteiger partial charge is 0.271 e. The van der Waals surface area contributed by atoms with Gasteiger partial charge in [-0.3, -0.25) is 10.1 Å². The van der Waals surface area contributed by atoms with Crippen molar-refractivity contribution in [1.82, 2.24) is 4.98 Å². The predicted molar refractivity (Wildman–Crippen MR) is 76.4 cm³/mol. The Hall–Kier alpha value is -2.08. The molecule has 2 aromatic rings. The molecule has 0 radical (unpaired) electrons. The number of carbonyl (C=O) groups is 1. The van der Waals surface area contributed by atoms with Gasteiger partial charge in [0.05, 0.1) is 5.69 Å². The number of nitrogens with one attached hydrogen (secondary N) is 1. The summed E-state index contributed by atoms with van der Waals surface area (Å²) in [6, 6.07) is 7.32. The number of carbonyl (C=O) groups excluding carboxylic acids is 1. The molecule has 1 N–H and O–H groups in total. The Kier molecular flexibility index (Phi) is 3.31. The second-order valence-electron chi connectivity index (χ2n) is 4.59. The summed E-state index contributed by atoms with van der Waals surface area (Å²) < 4.78 is 11.4. The first-order chi connectivity index (χ1) is 9.63. The number of amides is 1. The Balaban J connectivity index is 1.75. The van der Waals surface area contributed by atoms with Gasteiger partial charge in [-0.15, -0.1) is 11.3 Å². The van der Waals surface area contributed by atoms with Crippen molar-refractivity contribution in [3.63, 3.8) is 0 Å². The number of aromatic nitrogens is 1. The van der Waals surface area contributed by atoms with Crippen LogP contribution >= 0.6 is 11.3 Å². The molecule has 1 aliphatic heterocycles. The second-order valence-corrected chi connectivity index (χ2v) is 5.45. The van der Waals surface area contributed by atoms with Crippen LogP contribution < -0.4 is 14.8 Å². The van der Waals surface area contributed by atoms with Crippen molar-refractivity contribution in [2.75, 3.05) is 5.32 Å². The third-order valence-corrected chi connectivity index (χ3v) is 3.83. The summed E-state index contributed by atoms with van der Waals surface area (Å²) in [4.78, 5) is 16.5. The lowest BCUT2D eigenvalue weighted by atomic mass is 10.1. The van der Waals surface area contributed by atoms with E-state index in [0.29, 0.717) is 16.6 Å². The Bertz CT molecular complexity index is 641. The van der Waals surface area contributed by atoms with E-state index in [2.05, 4.69) is 10.3 Å². The van der Waals surface area contributed by atoms with Crippen LogP contribution in [0.25, 0.3) is 0 Å². The van der Waals surface area contributed by atoms with Crippen molar-refractivity contribution in [3.8, 4) is 11.5 Å². The van der Waals surface area contributed by atoms with E-state index in [-0.39, 0.29) is 12.0 Å². The standard InChI is InChI=1S/C14H14N2O3S/c1-8-7-20-14(15-8)16-13(17)12-9(2)18-10-5-3-4-6-11(10)19-12/h3-7,9,12H,1-2H3,(H,15,16,17). The summed E-state index contributed by atoms with van der Waals surface area (Å²) in [6.07, 6.45) is -1.04. The van der Waals surface area contributed by atoms with Gasteiger partial charge >= 0.3 is 0 Å². The highest BCUT2D eigenvalue weighted by molar-refractivity contribution is 7.13. The normalized spacial score (nSPS) is 20.5. The van der Waals surface area contributed by atoms with Gasteiger partial charge in [-0.2, -0.15) is 0 Å². The molecule has 0 saturated heterocycles. The van der Waals surface area contributed by atoms with Gasteiger partial charge in [0.2, 0.25) is 6.10 Å². The van der Waals surface area contributed by atoms with E-state index in [9.17, 15) is 4.79 Å². The van der Waals surface area contributed by atoms with E-state index < -0.39 is 6.10 Å². The first-order valence-corrected chi connectivity index (χ1v) is 7.17. The molecular weight excluding hydrogens is 276 g/mol. The minimum Gasteiger partial charge on any atom is -0.482 e. The Morgan fingerprint density at radius 2 is 2.00 bits per heavy atom. The summed E-state index contributed by atoms with van der Waals surface area (Å²) in [5.74, 6) is 0.997. The average molecular weight is 290 g/mol. The van der Waals surface area contributed by atoms with E-state index in [1.165, 1.54) is 11.3 Å². The van der Waals surface area contributed by atoms with Gasteiger partial charge < -0.3 is 9.47 Å². The monoisotopic (exact) mass is 290 g/mol. The van der Waals surface area contributed by atoms with E-state index in [1.807, 2.05) is 37.4 Å². The Morgan fingerprint density at radius 1 is 1.30 bits per heavy atom. The maximum atomic E-state index is 12.2. The van der Waals surface area contributed by atoms with E-state index in [1.54, 1.807) is 6.07 Å². The van der Waals surface area contributed by atoms with Gasteiger partial charge in [0.1, 0.15) is 6.10 Å². The first-order valence-electron chi connectivity index (χ1n) is 6.29. The molecule has 0 aliphatic carbocycles. The lowest BCUT2D eigenvalue weighted by molar-refractivity contribution is -0.128. The third-order valence-electron chi connectivity index (χ3n) is 2.95. The average Bonchev–Trinajstić information content (AvgIpc) is 2.83. The molecule has 6 heteroatoms. The lowest BCUT2D eigenvalue weighted by Crippen LogP contribution is -2.46. The molecule has 20 heavy (non-hydrogen) atoms. The highest BCUT2D eigenvalue weighted by Gasteiger charge is 2.34. The van der Waals surface area contributed by atoms with Gasteiger partial charge in [0, 0.05) is 5.38 Å². The summed E-state index contributed by atoms with van der Waals surface area (Å²) in [5, 5.41) is 5.21. The molecule has 0 fully saturated rings. The molecule has 0 spiro atoms. The predicted octanol–water partition coefficient (Wildman–Crippen LogP) is 2.62. The van der Waals surface area contributed by atoms with Crippen LogP contribution in [-0.4, -0.2) is 23.1 Å². The van der Waals surface area contributed by atoms with Crippen LogP contribution in [-0.2, 0) is 4.79 Å². The van der Waals surface area contributed by atoms with Gasteiger partial charge in [-0.1, -0.05) is 12.1 Å². The van der Waals surface area contributed by atoms with Crippen molar-refractivity contribution in [2.24, 2.45) is 0 Å². The number of para-hydroxylation sites is 2. The summed E-state index contributed by atoms with van der Waals surface area (Å²) in [7, 11) is 0. The minimum atomic E-state index is -0.686. The van der Waals surface area contributed by atoms with Crippen molar-refractivity contribution in [2.45, 2.75) is 26.1 Å². The molecule has 2 unspecified atom stereocenters. The maximum absolute atomic E-state index is 12.2. The molecule has 5 nitrogen and oxygen atoms in total. The first kappa shape index (κ1) is 12.9. The van der Waals surface area contributed by atoms with Crippen LogP contribution in [0.4, 0.5) is 5.13 Å². The molecule has 0 bridgehead atoms. The van der Waals surface area contributed by atoms with Gasteiger partial charge in [0.25, 0.3) is 5.91 Å². The van der Waals surface area contributed by atoms with Gasteiger partial charge in [0.15, 0.2) is 16.6 Å². The zero-order valence-corrected chi connectivity index (χ0v) is 11.9. The SMILES string of the molecule is Cc1csc(NC(=O)C2Oc3ccccc3OC2C)n1. The van der Waals surface area contributed by atoms with Crippen molar-refractivity contribution >= 4 is 22.4 Å². The van der Waals surface area contributed by atoms with Gasteiger partial charge in [-0.25, -0.2) is 4.98 Å². The number of benzene rings is 1. The van der Waals surface area contributed by atoms with Crippen molar-refractivity contribution < 1.29 is 14.3 Å². The van der Waals surface area contributed by atoms with Crippen LogP contribution in [0.3, 0.4) is 0 Å². The molecule has 2 heterocycles. The molecule has 1 amide bonds. The fraction of sp³-hybridized carbons (Fsp3) is 0.286.